The van der Waals surface area contributed by atoms with Crippen molar-refractivity contribution in [1.29, 1.82) is 0 Å². The molecule has 2 aromatic rings. The molecule has 0 unspecified atom stereocenters. The summed E-state index contributed by atoms with van der Waals surface area (Å²) in [6, 6.07) is 6.06. The maximum absolute atomic E-state index is 12.4. The number of anilines is 1. The number of ether oxygens (including phenoxy) is 8. The van der Waals surface area contributed by atoms with Crippen LogP contribution in [0.25, 0.3) is 0 Å². The van der Waals surface area contributed by atoms with Crippen molar-refractivity contribution in [3.8, 4) is 5.75 Å². The number of carbonyl (C=O) groups is 4. The lowest BCUT2D eigenvalue weighted by Gasteiger charge is -2.40. The fraction of sp³-hybridized carbons (Fsp3) is 0.632. The molecule has 5 atom stereocenters. The Morgan fingerprint density at radius 2 is 1.33 bits per heavy atom. The van der Waals surface area contributed by atoms with Crippen molar-refractivity contribution in [2.45, 2.75) is 63.1 Å². The number of hydrogen-bond acceptors (Lipinski definition) is 18. The van der Waals surface area contributed by atoms with Gasteiger partial charge in [-0.1, -0.05) is 5.21 Å². The lowest BCUT2D eigenvalue weighted by Crippen LogP contribution is -2.59. The van der Waals surface area contributed by atoms with Gasteiger partial charge in [0.15, 0.2) is 0 Å². The summed E-state index contributed by atoms with van der Waals surface area (Å²) in [5, 5.41) is 44.1. The predicted molar refractivity (Wildman–Crippen MR) is 216 cm³/mol. The lowest BCUT2D eigenvalue weighted by atomic mass is 9.97. The third-order valence-corrected chi connectivity index (χ3v) is 9.90. The van der Waals surface area contributed by atoms with Gasteiger partial charge in [-0.05, 0) is 30.7 Å². The van der Waals surface area contributed by atoms with Crippen LogP contribution < -0.4 is 15.4 Å². The predicted octanol–water partition coefficient (Wildman–Crippen LogP) is -1.91. The summed E-state index contributed by atoms with van der Waals surface area (Å²) in [4.78, 5) is 66.4. The molecule has 4 rings (SSSR count). The molecule has 24 nitrogen and oxygen atoms in total. The first-order valence-corrected chi connectivity index (χ1v) is 22.1. The Labute approximate surface area is 362 Å². The smallest absolute Gasteiger partial charge is 0.325 e. The quantitative estimate of drug-likeness (QED) is 0.0239. The van der Waals surface area contributed by atoms with Crippen LogP contribution >= 0.6 is 7.60 Å². The van der Waals surface area contributed by atoms with Crippen molar-refractivity contribution in [3.63, 3.8) is 0 Å². The molecule has 1 aromatic carbocycles. The fourth-order valence-electron chi connectivity index (χ4n) is 5.73. The van der Waals surface area contributed by atoms with Gasteiger partial charge in [0.05, 0.1) is 111 Å². The molecule has 3 heterocycles. The second-order valence-electron chi connectivity index (χ2n) is 14.0. The number of imide groups is 1. The number of aliphatic hydroxyl groups excluding tert-OH is 3. The standard InChI is InChI=1S/C38H57N6O18P/c45-31(7-11-44-33(47)5-6-34(44)48)39-10-14-56-17-19-58-20-21-59-22-23-60-26-28-25-43(42-41-28)12-15-57-18-16-55-13-8-32(46)40-27-1-3-29(4-2-27)61-38-37(51)36(50)35(49)30(62-38)9-24-63(52,53)54/h1-6,25,30,35-38,49-51H,7-24,26H2,(H,39,45)(H,40,46)(H2,52,53,54)/t30-,35-,36+,37+,38+/m1/s1. The van der Waals surface area contributed by atoms with Crippen LogP contribution in [-0.4, -0.2) is 191 Å². The normalized spacial score (nSPS) is 20.1. The van der Waals surface area contributed by atoms with Crippen molar-refractivity contribution in [2.24, 2.45) is 0 Å². The minimum absolute atomic E-state index is 0.0266. The highest BCUT2D eigenvalue weighted by Crippen LogP contribution is 2.37. The highest BCUT2D eigenvalue weighted by molar-refractivity contribution is 7.51. The fourth-order valence-corrected chi connectivity index (χ4v) is 6.32. The van der Waals surface area contributed by atoms with Crippen molar-refractivity contribution in [1.82, 2.24) is 25.2 Å². The summed E-state index contributed by atoms with van der Waals surface area (Å²) in [6.45, 7) is 4.68. The number of amides is 4. The Kier molecular flexibility index (Phi) is 22.7. The van der Waals surface area contributed by atoms with Gasteiger partial charge < -0.3 is 73.6 Å². The summed E-state index contributed by atoms with van der Waals surface area (Å²) >= 11 is 0. The van der Waals surface area contributed by atoms with Crippen LogP contribution in [0.15, 0.2) is 42.6 Å². The first kappa shape index (κ1) is 51.4. The molecule has 0 aliphatic carbocycles. The molecule has 0 radical (unpaired) electrons. The van der Waals surface area contributed by atoms with E-state index in [0.29, 0.717) is 83.9 Å². The van der Waals surface area contributed by atoms with Crippen LogP contribution in [0.2, 0.25) is 0 Å². The minimum atomic E-state index is -4.38. The number of rotatable bonds is 32. The first-order chi connectivity index (χ1) is 30.3. The summed E-state index contributed by atoms with van der Waals surface area (Å²) in [6.07, 6.45) is -4.10. The zero-order valence-electron chi connectivity index (χ0n) is 34.6. The molecule has 352 valence electrons. The third kappa shape index (κ3) is 20.0. The van der Waals surface area contributed by atoms with Gasteiger partial charge in [-0.3, -0.25) is 28.6 Å². The molecule has 1 fully saturated rings. The number of nitrogens with zero attached hydrogens (tertiary/aromatic N) is 4. The molecular weight excluding hydrogens is 859 g/mol. The average Bonchev–Trinajstić information content (AvgIpc) is 3.84. The van der Waals surface area contributed by atoms with Crippen LogP contribution in [0.1, 0.15) is 25.0 Å². The lowest BCUT2D eigenvalue weighted by molar-refractivity contribution is -0.272. The number of carbonyl (C=O) groups excluding carboxylic acids is 4. The van der Waals surface area contributed by atoms with Crippen LogP contribution in [0, 0.1) is 0 Å². The molecule has 4 amide bonds. The van der Waals surface area contributed by atoms with E-state index in [0.717, 1.165) is 4.90 Å². The summed E-state index contributed by atoms with van der Waals surface area (Å²) in [5.41, 5.74) is 1.11. The maximum atomic E-state index is 12.4. The summed E-state index contributed by atoms with van der Waals surface area (Å²) < 4.78 is 56.9. The van der Waals surface area contributed by atoms with Crippen molar-refractivity contribution >= 4 is 36.9 Å². The van der Waals surface area contributed by atoms with Gasteiger partial charge in [0.1, 0.15) is 29.8 Å². The van der Waals surface area contributed by atoms with E-state index in [1.165, 1.54) is 24.3 Å². The molecular formula is C38H57N6O18P. The van der Waals surface area contributed by atoms with Gasteiger partial charge in [0, 0.05) is 37.3 Å². The van der Waals surface area contributed by atoms with Gasteiger partial charge in [0.25, 0.3) is 11.8 Å². The van der Waals surface area contributed by atoms with Crippen LogP contribution in [0.5, 0.6) is 5.75 Å². The highest BCUT2D eigenvalue weighted by atomic mass is 31.2. The molecule has 0 spiro atoms. The van der Waals surface area contributed by atoms with Gasteiger partial charge in [-0.25, -0.2) is 4.68 Å². The number of benzene rings is 1. The Morgan fingerprint density at radius 1 is 0.730 bits per heavy atom. The van der Waals surface area contributed by atoms with Crippen LogP contribution in [0.3, 0.4) is 0 Å². The zero-order valence-corrected chi connectivity index (χ0v) is 35.5. The van der Waals surface area contributed by atoms with Gasteiger partial charge in [-0.15, -0.1) is 5.10 Å². The van der Waals surface area contributed by atoms with Crippen molar-refractivity contribution in [3.05, 3.63) is 48.3 Å². The number of aliphatic hydroxyl groups is 3. The maximum Gasteiger partial charge on any atom is 0.325 e. The second-order valence-corrected chi connectivity index (χ2v) is 15.8. The van der Waals surface area contributed by atoms with E-state index in [9.17, 15) is 39.1 Å². The van der Waals surface area contributed by atoms with E-state index < -0.39 is 56.3 Å². The van der Waals surface area contributed by atoms with E-state index in [1.807, 2.05) is 0 Å². The third-order valence-electron chi connectivity index (χ3n) is 9.06. The summed E-state index contributed by atoms with van der Waals surface area (Å²) in [5.74, 6) is -1.20. The summed E-state index contributed by atoms with van der Waals surface area (Å²) in [7, 11) is -4.38. The van der Waals surface area contributed by atoms with E-state index in [1.54, 1.807) is 23.0 Å². The largest absolute Gasteiger partial charge is 0.462 e. The topological polar surface area (TPSA) is 318 Å². The van der Waals surface area contributed by atoms with Gasteiger partial charge in [-0.2, -0.15) is 0 Å². The average molecular weight is 917 g/mol. The van der Waals surface area contributed by atoms with Crippen molar-refractivity contribution < 1.29 is 86.7 Å². The molecule has 0 bridgehead atoms. The molecule has 1 aromatic heterocycles. The van der Waals surface area contributed by atoms with E-state index in [4.69, 9.17) is 47.7 Å². The molecule has 2 aliphatic rings. The molecule has 2 aliphatic heterocycles. The molecule has 0 saturated carbocycles. The minimum Gasteiger partial charge on any atom is -0.462 e. The number of hydrogen-bond donors (Lipinski definition) is 7. The Morgan fingerprint density at radius 3 is 1.98 bits per heavy atom. The first-order valence-electron chi connectivity index (χ1n) is 20.3. The van der Waals surface area contributed by atoms with E-state index >= 15 is 0 Å². The monoisotopic (exact) mass is 916 g/mol. The SMILES string of the molecule is O=C(CCN1C(=O)C=CC1=O)NCCOCCOCCOCCOCc1cn(CCOCCOCCC(=O)Nc2ccc(O[C@H]3O[C@H](CCP(=O)(O)O)[C@@H](O)[C@H](O)[C@@H]3O)cc2)nn1. The van der Waals surface area contributed by atoms with Crippen LogP contribution in [-0.2, 0) is 70.1 Å². The van der Waals surface area contributed by atoms with E-state index in [-0.39, 0.29) is 63.2 Å². The highest BCUT2D eigenvalue weighted by Gasteiger charge is 2.45. The molecule has 7 N–H and O–H groups in total. The molecule has 25 heteroatoms. The second kappa shape index (κ2) is 27.8. The molecule has 1 saturated heterocycles. The number of nitrogens with one attached hydrogen (secondary N) is 2. The van der Waals surface area contributed by atoms with Gasteiger partial charge >= 0.3 is 7.60 Å². The Balaban J connectivity index is 0.911. The van der Waals surface area contributed by atoms with Crippen molar-refractivity contribution in [2.75, 3.05) is 97.2 Å². The Bertz CT molecular complexity index is 1760. The Hall–Kier alpha value is -4.27. The number of aromatic nitrogens is 3. The molecule has 63 heavy (non-hydrogen) atoms. The van der Waals surface area contributed by atoms with Gasteiger partial charge in [0.2, 0.25) is 18.1 Å². The zero-order chi connectivity index (χ0) is 45.5. The van der Waals surface area contributed by atoms with E-state index in [2.05, 4.69) is 20.9 Å². The van der Waals surface area contributed by atoms with Crippen LogP contribution in [0.4, 0.5) is 5.69 Å².